The number of nitrogens with two attached hydrogens (primary N) is 1. The zero-order valence-corrected chi connectivity index (χ0v) is 12.5. The summed E-state index contributed by atoms with van der Waals surface area (Å²) in [6.07, 6.45) is 0.948. The molecule has 1 aromatic rings. The number of halogens is 1. The molecule has 1 rings (SSSR count). The second kappa shape index (κ2) is 7.38. The highest BCUT2D eigenvalue weighted by Gasteiger charge is 2.08. The van der Waals surface area contributed by atoms with Crippen LogP contribution in [0.15, 0.2) is 22.7 Å². The predicted octanol–water partition coefficient (Wildman–Crippen LogP) is 1.87. The number of anilines is 1. The predicted molar refractivity (Wildman–Crippen MR) is 78.6 cm³/mol. The molecule has 0 saturated heterocycles. The highest BCUT2D eigenvalue weighted by Crippen LogP contribution is 2.21. The molecule has 5 heteroatoms. The molecule has 18 heavy (non-hydrogen) atoms. The van der Waals surface area contributed by atoms with E-state index in [1.807, 2.05) is 37.1 Å². The van der Waals surface area contributed by atoms with Crippen molar-refractivity contribution in [3.8, 4) is 0 Å². The van der Waals surface area contributed by atoms with Crippen LogP contribution in [0.4, 0.5) is 5.69 Å². The minimum atomic E-state index is 0.0358. The van der Waals surface area contributed by atoms with E-state index >= 15 is 0 Å². The van der Waals surface area contributed by atoms with Crippen LogP contribution in [-0.4, -0.2) is 26.0 Å². The molecule has 0 saturated carbocycles. The van der Waals surface area contributed by atoms with E-state index in [4.69, 9.17) is 5.73 Å². The van der Waals surface area contributed by atoms with E-state index in [-0.39, 0.29) is 5.91 Å². The molecule has 1 amide bonds. The van der Waals surface area contributed by atoms with Gasteiger partial charge in [-0.2, -0.15) is 0 Å². The first-order chi connectivity index (χ1) is 8.56. The molecule has 0 unspecified atom stereocenters. The molecular formula is C13H20BrN3O. The van der Waals surface area contributed by atoms with E-state index in [2.05, 4.69) is 21.2 Å². The van der Waals surface area contributed by atoms with E-state index in [0.29, 0.717) is 13.1 Å². The lowest BCUT2D eigenvalue weighted by molar-refractivity contribution is -0.119. The van der Waals surface area contributed by atoms with E-state index < -0.39 is 0 Å². The molecule has 0 aliphatic rings. The summed E-state index contributed by atoms with van der Waals surface area (Å²) in [5, 5.41) is 2.86. The molecule has 0 heterocycles. The van der Waals surface area contributed by atoms with Crippen LogP contribution in [0.3, 0.4) is 0 Å². The summed E-state index contributed by atoms with van der Waals surface area (Å²) in [7, 11) is 1.90. The number of rotatable bonds is 6. The number of hydrogen-bond donors (Lipinski definition) is 2. The normalized spacial score (nSPS) is 10.2. The summed E-state index contributed by atoms with van der Waals surface area (Å²) in [5.41, 5.74) is 7.66. The van der Waals surface area contributed by atoms with E-state index in [9.17, 15) is 4.79 Å². The van der Waals surface area contributed by atoms with Crippen LogP contribution in [0.2, 0.25) is 0 Å². The lowest BCUT2D eigenvalue weighted by atomic mass is 10.2. The third-order valence-corrected chi connectivity index (χ3v) is 3.03. The molecule has 0 atom stereocenters. The Labute approximate surface area is 117 Å². The fourth-order valence-corrected chi connectivity index (χ4v) is 2.13. The number of carbonyl (C=O) groups excluding carboxylic acids is 1. The van der Waals surface area contributed by atoms with Crippen LogP contribution in [0.1, 0.15) is 18.9 Å². The molecule has 0 bridgehead atoms. The maximum Gasteiger partial charge on any atom is 0.239 e. The van der Waals surface area contributed by atoms with Gasteiger partial charge >= 0.3 is 0 Å². The summed E-state index contributed by atoms with van der Waals surface area (Å²) in [6.45, 7) is 3.59. The standard InChI is InChI=1S/C13H20BrN3O/c1-3-4-16-13(18)9-17(2)12-6-10(8-15)5-11(14)7-12/h5-7H,3-4,8-9,15H2,1-2H3,(H,16,18). The van der Waals surface area contributed by atoms with Crippen molar-refractivity contribution in [3.63, 3.8) is 0 Å². The average Bonchev–Trinajstić information content (AvgIpc) is 2.35. The van der Waals surface area contributed by atoms with E-state index in [1.165, 1.54) is 0 Å². The number of carbonyl (C=O) groups is 1. The van der Waals surface area contributed by atoms with Crippen LogP contribution in [-0.2, 0) is 11.3 Å². The van der Waals surface area contributed by atoms with E-state index in [1.54, 1.807) is 0 Å². The number of likely N-dealkylation sites (N-methyl/N-ethyl adjacent to an activating group) is 1. The average molecular weight is 314 g/mol. The summed E-state index contributed by atoms with van der Waals surface area (Å²) in [6, 6.07) is 5.96. The van der Waals surface area contributed by atoms with Gasteiger partial charge in [-0.05, 0) is 30.2 Å². The topological polar surface area (TPSA) is 58.4 Å². The zero-order valence-electron chi connectivity index (χ0n) is 10.9. The largest absolute Gasteiger partial charge is 0.365 e. The van der Waals surface area contributed by atoms with Crippen molar-refractivity contribution >= 4 is 27.5 Å². The molecule has 0 spiro atoms. The number of amides is 1. The van der Waals surface area contributed by atoms with Crippen LogP contribution in [0, 0.1) is 0 Å². The second-order valence-electron chi connectivity index (χ2n) is 4.23. The zero-order chi connectivity index (χ0) is 13.5. The maximum atomic E-state index is 11.6. The smallest absolute Gasteiger partial charge is 0.239 e. The number of nitrogens with one attached hydrogen (secondary N) is 1. The monoisotopic (exact) mass is 313 g/mol. The molecule has 1 aromatic carbocycles. The van der Waals surface area contributed by atoms with Crippen LogP contribution in [0.5, 0.6) is 0 Å². The Balaban J connectivity index is 2.68. The van der Waals surface area contributed by atoms with Crippen LogP contribution >= 0.6 is 15.9 Å². The molecule has 100 valence electrons. The van der Waals surface area contributed by atoms with Crippen LogP contribution < -0.4 is 16.0 Å². The molecule has 0 radical (unpaired) electrons. The van der Waals surface area contributed by atoms with Gasteiger partial charge < -0.3 is 16.0 Å². The molecule has 0 aromatic heterocycles. The third kappa shape index (κ3) is 4.66. The van der Waals surface area contributed by atoms with Crippen molar-refractivity contribution in [2.24, 2.45) is 5.73 Å². The van der Waals surface area contributed by atoms with Gasteiger partial charge in [-0.25, -0.2) is 0 Å². The lowest BCUT2D eigenvalue weighted by Gasteiger charge is -2.20. The van der Waals surface area contributed by atoms with Crippen molar-refractivity contribution in [2.45, 2.75) is 19.9 Å². The van der Waals surface area contributed by atoms with Crippen molar-refractivity contribution < 1.29 is 4.79 Å². The molecular weight excluding hydrogens is 294 g/mol. The minimum Gasteiger partial charge on any atom is -0.365 e. The van der Waals surface area contributed by atoms with Gasteiger partial charge in [0.05, 0.1) is 6.54 Å². The SMILES string of the molecule is CCCNC(=O)CN(C)c1cc(Br)cc(CN)c1. The highest BCUT2D eigenvalue weighted by atomic mass is 79.9. The Bertz CT molecular complexity index is 409. The van der Waals surface area contributed by atoms with Gasteiger partial charge in [0.2, 0.25) is 5.91 Å². The van der Waals surface area contributed by atoms with Gasteiger partial charge in [-0.15, -0.1) is 0 Å². The molecule has 4 nitrogen and oxygen atoms in total. The molecule has 0 aliphatic heterocycles. The van der Waals surface area contributed by atoms with Gasteiger partial charge in [0, 0.05) is 30.3 Å². The van der Waals surface area contributed by atoms with Crippen molar-refractivity contribution in [1.29, 1.82) is 0 Å². The fourth-order valence-electron chi connectivity index (χ4n) is 1.60. The lowest BCUT2D eigenvalue weighted by Crippen LogP contribution is -2.35. The molecule has 0 aliphatic carbocycles. The maximum absolute atomic E-state index is 11.6. The first kappa shape index (κ1) is 15.0. The van der Waals surface area contributed by atoms with Gasteiger partial charge in [-0.1, -0.05) is 22.9 Å². The Morgan fingerprint density at radius 2 is 2.17 bits per heavy atom. The van der Waals surface area contributed by atoms with Gasteiger partial charge in [0.25, 0.3) is 0 Å². The number of hydrogen-bond acceptors (Lipinski definition) is 3. The Morgan fingerprint density at radius 3 is 2.78 bits per heavy atom. The fraction of sp³-hybridized carbons (Fsp3) is 0.462. The Morgan fingerprint density at radius 1 is 1.44 bits per heavy atom. The van der Waals surface area contributed by atoms with Crippen LogP contribution in [0.25, 0.3) is 0 Å². The second-order valence-corrected chi connectivity index (χ2v) is 5.14. The number of nitrogens with zero attached hydrogens (tertiary/aromatic N) is 1. The van der Waals surface area contributed by atoms with Crippen molar-refractivity contribution in [2.75, 3.05) is 25.0 Å². The molecule has 3 N–H and O–H groups in total. The van der Waals surface area contributed by atoms with E-state index in [0.717, 1.165) is 28.7 Å². The third-order valence-electron chi connectivity index (χ3n) is 2.57. The highest BCUT2D eigenvalue weighted by molar-refractivity contribution is 9.10. The van der Waals surface area contributed by atoms with Gasteiger partial charge in [-0.3, -0.25) is 4.79 Å². The van der Waals surface area contributed by atoms with Gasteiger partial charge in [0.15, 0.2) is 0 Å². The summed E-state index contributed by atoms with van der Waals surface area (Å²) < 4.78 is 0.973. The van der Waals surface area contributed by atoms with Crippen molar-refractivity contribution in [1.82, 2.24) is 5.32 Å². The summed E-state index contributed by atoms with van der Waals surface area (Å²) in [4.78, 5) is 13.5. The quantitative estimate of drug-likeness (QED) is 0.843. The first-order valence-corrected chi connectivity index (χ1v) is 6.83. The van der Waals surface area contributed by atoms with Crippen molar-refractivity contribution in [3.05, 3.63) is 28.2 Å². The molecule has 0 fully saturated rings. The summed E-state index contributed by atoms with van der Waals surface area (Å²) in [5.74, 6) is 0.0358. The van der Waals surface area contributed by atoms with Gasteiger partial charge in [0.1, 0.15) is 0 Å². The Hall–Kier alpha value is -1.07. The minimum absolute atomic E-state index is 0.0358. The summed E-state index contributed by atoms with van der Waals surface area (Å²) >= 11 is 3.45. The Kier molecular flexibility index (Phi) is 6.15. The number of benzene rings is 1. The first-order valence-electron chi connectivity index (χ1n) is 6.04.